The lowest BCUT2D eigenvalue weighted by atomic mass is 10.0. The molecule has 1 saturated carbocycles. The first-order valence-electron chi connectivity index (χ1n) is 7.51. The van der Waals surface area contributed by atoms with E-state index in [1.54, 1.807) is 12.1 Å². The van der Waals surface area contributed by atoms with Gasteiger partial charge in [0.15, 0.2) is 11.4 Å². The fourth-order valence-corrected chi connectivity index (χ4v) is 5.68. The van der Waals surface area contributed by atoms with E-state index in [1.807, 2.05) is 6.92 Å². The molecule has 0 bridgehead atoms. The Kier molecular flexibility index (Phi) is 3.38. The van der Waals surface area contributed by atoms with Crippen molar-refractivity contribution in [3.05, 3.63) is 28.7 Å². The lowest BCUT2D eigenvalue weighted by molar-refractivity contribution is 0.0194. The van der Waals surface area contributed by atoms with Crippen LogP contribution in [0.25, 0.3) is 0 Å². The van der Waals surface area contributed by atoms with Gasteiger partial charge in [0.05, 0.1) is 6.54 Å². The van der Waals surface area contributed by atoms with E-state index in [0.717, 1.165) is 17.7 Å². The molecular formula is C14H17N3O4S2. The minimum absolute atomic E-state index is 0.0570. The molecule has 9 heteroatoms. The number of thiophene rings is 1. The van der Waals surface area contributed by atoms with Crippen LogP contribution in [0.5, 0.6) is 0 Å². The van der Waals surface area contributed by atoms with Gasteiger partial charge in [0, 0.05) is 23.8 Å². The van der Waals surface area contributed by atoms with Gasteiger partial charge in [-0.2, -0.15) is 9.29 Å². The zero-order valence-corrected chi connectivity index (χ0v) is 14.2. The van der Waals surface area contributed by atoms with Crippen molar-refractivity contribution in [3.8, 4) is 0 Å². The lowest BCUT2D eigenvalue weighted by Crippen LogP contribution is -2.34. The Morgan fingerprint density at radius 1 is 1.43 bits per heavy atom. The fraction of sp³-hybridized carbons (Fsp3) is 0.571. The third-order valence-electron chi connectivity index (χ3n) is 4.30. The second kappa shape index (κ2) is 5.10. The van der Waals surface area contributed by atoms with E-state index in [0.29, 0.717) is 16.0 Å². The number of aromatic nitrogens is 2. The molecule has 0 radical (unpaired) electrons. The van der Waals surface area contributed by atoms with Crippen molar-refractivity contribution in [2.24, 2.45) is 0 Å². The smallest absolute Gasteiger partial charge is 0.260 e. The summed E-state index contributed by atoms with van der Waals surface area (Å²) in [7, 11) is -3.59. The highest BCUT2D eigenvalue weighted by molar-refractivity contribution is 7.91. The fourth-order valence-electron chi connectivity index (χ4n) is 2.75. The monoisotopic (exact) mass is 355 g/mol. The number of hydrogen-bond acceptors (Lipinski definition) is 7. The van der Waals surface area contributed by atoms with E-state index < -0.39 is 15.6 Å². The van der Waals surface area contributed by atoms with Crippen LogP contribution in [0, 0.1) is 6.92 Å². The van der Waals surface area contributed by atoms with E-state index in [2.05, 4.69) is 10.1 Å². The summed E-state index contributed by atoms with van der Waals surface area (Å²) in [6.07, 6.45) is 2.33. The van der Waals surface area contributed by atoms with Crippen LogP contribution in [0.2, 0.25) is 0 Å². The minimum atomic E-state index is -3.59. The maximum Gasteiger partial charge on any atom is 0.260 e. The quantitative estimate of drug-likeness (QED) is 0.895. The molecule has 4 rings (SSSR count). The highest BCUT2D eigenvalue weighted by Gasteiger charge is 2.47. The summed E-state index contributed by atoms with van der Waals surface area (Å²) >= 11 is 1.23. The molecule has 124 valence electrons. The van der Waals surface area contributed by atoms with E-state index in [-0.39, 0.29) is 25.4 Å². The van der Waals surface area contributed by atoms with Gasteiger partial charge < -0.3 is 9.63 Å². The number of sulfonamides is 1. The lowest BCUT2D eigenvalue weighted by Gasteiger charge is -2.19. The number of hydrogen-bond donors (Lipinski definition) is 1. The average Bonchev–Trinajstić information content (AvgIpc) is 2.93. The summed E-state index contributed by atoms with van der Waals surface area (Å²) in [5, 5.41) is 14.7. The van der Waals surface area contributed by atoms with Gasteiger partial charge in [-0.3, -0.25) is 0 Å². The molecule has 2 aromatic heterocycles. The Morgan fingerprint density at radius 2 is 2.22 bits per heavy atom. The third kappa shape index (κ3) is 2.61. The molecular weight excluding hydrogens is 338 g/mol. The average molecular weight is 355 g/mol. The normalized spacial score (nSPS) is 26.0. The first-order valence-corrected chi connectivity index (χ1v) is 9.77. The molecule has 1 aliphatic heterocycles. The zero-order chi connectivity index (χ0) is 16.2. The number of rotatable bonds is 4. The van der Waals surface area contributed by atoms with Gasteiger partial charge in [-0.15, -0.1) is 11.3 Å². The molecule has 1 N–H and O–H groups in total. The molecule has 2 fully saturated rings. The Morgan fingerprint density at radius 3 is 2.87 bits per heavy atom. The summed E-state index contributed by atoms with van der Waals surface area (Å²) in [6.45, 7) is 2.04. The Hall–Kier alpha value is -1.29. The Balaban J connectivity index is 1.57. The van der Waals surface area contributed by atoms with Crippen LogP contribution < -0.4 is 0 Å². The molecule has 2 aromatic rings. The second-order valence-electron chi connectivity index (χ2n) is 6.22. The largest absolute Gasteiger partial charge is 0.379 e. The van der Waals surface area contributed by atoms with Crippen LogP contribution in [0.4, 0.5) is 0 Å². The predicted molar refractivity (Wildman–Crippen MR) is 82.6 cm³/mol. The first-order chi connectivity index (χ1) is 10.9. The number of nitrogens with zero attached hydrogens (tertiary/aromatic N) is 3. The molecule has 2 aliphatic rings. The van der Waals surface area contributed by atoms with Gasteiger partial charge in [0.1, 0.15) is 4.21 Å². The molecule has 23 heavy (non-hydrogen) atoms. The zero-order valence-electron chi connectivity index (χ0n) is 12.6. The number of aliphatic hydroxyl groups is 1. The van der Waals surface area contributed by atoms with Crippen molar-refractivity contribution in [3.63, 3.8) is 0 Å². The van der Waals surface area contributed by atoms with Crippen LogP contribution in [0.15, 0.2) is 20.9 Å². The van der Waals surface area contributed by atoms with E-state index in [4.69, 9.17) is 4.52 Å². The van der Waals surface area contributed by atoms with Crippen molar-refractivity contribution < 1.29 is 18.0 Å². The summed E-state index contributed by atoms with van der Waals surface area (Å²) in [5.41, 5.74) is -1.40. The van der Waals surface area contributed by atoms with Gasteiger partial charge in [-0.05, 0) is 31.9 Å². The first kappa shape index (κ1) is 15.3. The van der Waals surface area contributed by atoms with Gasteiger partial charge >= 0.3 is 0 Å². The summed E-state index contributed by atoms with van der Waals surface area (Å²) < 4.78 is 32.1. The van der Waals surface area contributed by atoms with Crippen molar-refractivity contribution in [1.29, 1.82) is 0 Å². The minimum Gasteiger partial charge on any atom is -0.379 e. The summed E-state index contributed by atoms with van der Waals surface area (Å²) in [6, 6.07) is 3.38. The Labute approximate surface area is 138 Å². The molecule has 0 spiro atoms. The van der Waals surface area contributed by atoms with Crippen molar-refractivity contribution in [2.45, 2.75) is 41.9 Å². The number of β-amino-alcohol motifs (C(OH)–C–C–N with tert-alkyl or cyclic N) is 1. The summed E-state index contributed by atoms with van der Waals surface area (Å²) in [4.78, 5) is 5.21. The van der Waals surface area contributed by atoms with E-state index >= 15 is 0 Å². The summed E-state index contributed by atoms with van der Waals surface area (Å²) in [5.74, 6) is 1.06. The molecule has 1 atom stereocenters. The molecule has 1 saturated heterocycles. The van der Waals surface area contributed by atoms with Crippen LogP contribution in [0.1, 0.15) is 41.8 Å². The van der Waals surface area contributed by atoms with Crippen molar-refractivity contribution in [2.75, 3.05) is 13.1 Å². The van der Waals surface area contributed by atoms with E-state index in [9.17, 15) is 13.5 Å². The molecule has 3 heterocycles. The van der Waals surface area contributed by atoms with Crippen LogP contribution in [0.3, 0.4) is 0 Å². The molecule has 1 aliphatic carbocycles. The van der Waals surface area contributed by atoms with Crippen molar-refractivity contribution in [1.82, 2.24) is 14.4 Å². The van der Waals surface area contributed by atoms with Gasteiger partial charge in [0.25, 0.3) is 15.9 Å². The molecule has 7 nitrogen and oxygen atoms in total. The van der Waals surface area contributed by atoms with E-state index in [1.165, 1.54) is 15.6 Å². The van der Waals surface area contributed by atoms with Gasteiger partial charge in [-0.25, -0.2) is 8.42 Å². The predicted octanol–water partition coefficient (Wildman–Crippen LogP) is 1.60. The standard InChI is InChI=1S/C14H17N3O4S2/c1-9-2-5-11(22-9)23(19,20)17-7-6-14(18,8-17)13-15-12(16-21-13)10-3-4-10/h2,5,10,18H,3-4,6-8H2,1H3/t14-/m1/s1. The maximum atomic E-state index is 12.6. The molecule has 0 unspecified atom stereocenters. The molecule has 0 aromatic carbocycles. The highest BCUT2D eigenvalue weighted by atomic mass is 32.2. The maximum absolute atomic E-state index is 12.6. The van der Waals surface area contributed by atoms with Crippen LogP contribution in [-0.4, -0.2) is 41.1 Å². The second-order valence-corrected chi connectivity index (χ2v) is 9.67. The highest BCUT2D eigenvalue weighted by Crippen LogP contribution is 2.40. The Bertz CT molecular complexity index is 840. The van der Waals surface area contributed by atoms with Gasteiger partial charge in [0.2, 0.25) is 0 Å². The van der Waals surface area contributed by atoms with Gasteiger partial charge in [-0.1, -0.05) is 5.16 Å². The number of aryl methyl sites for hydroxylation is 1. The molecule has 0 amide bonds. The SMILES string of the molecule is Cc1ccc(S(=O)(=O)N2CC[C@](O)(c3nc(C4CC4)no3)C2)s1. The van der Waals surface area contributed by atoms with Crippen LogP contribution >= 0.6 is 11.3 Å². The third-order valence-corrected chi connectivity index (χ3v) is 7.62. The van der Waals surface area contributed by atoms with Crippen molar-refractivity contribution >= 4 is 21.4 Å². The topological polar surface area (TPSA) is 96.5 Å². The van der Waals surface area contributed by atoms with Crippen LogP contribution in [-0.2, 0) is 15.6 Å².